The number of hydrogen-bond acceptors (Lipinski definition) is 4. The molecule has 0 aromatic carbocycles. The van der Waals surface area contributed by atoms with Gasteiger partial charge < -0.3 is 9.47 Å². The quantitative estimate of drug-likeness (QED) is 0.803. The maximum absolute atomic E-state index is 12.2. The third-order valence-electron chi connectivity index (χ3n) is 6.10. The van der Waals surface area contributed by atoms with E-state index < -0.39 is 0 Å². The summed E-state index contributed by atoms with van der Waals surface area (Å²) in [6.07, 6.45) is 9.81. The first-order chi connectivity index (χ1) is 11.2. The van der Waals surface area contributed by atoms with Crippen LogP contribution in [0.15, 0.2) is 24.5 Å². The molecule has 0 spiro atoms. The van der Waals surface area contributed by atoms with Crippen LogP contribution in [-0.2, 0) is 20.9 Å². The molecule has 3 aliphatic rings. The van der Waals surface area contributed by atoms with E-state index in [4.69, 9.17) is 9.47 Å². The minimum absolute atomic E-state index is 0.00139. The Hall–Kier alpha value is -1.42. The van der Waals surface area contributed by atoms with Crippen LogP contribution in [0.4, 0.5) is 0 Å². The van der Waals surface area contributed by atoms with Gasteiger partial charge in [0.25, 0.3) is 0 Å². The number of carbonyl (C=O) groups is 1. The number of nitrogens with zero attached hydrogens (tertiary/aromatic N) is 1. The highest BCUT2D eigenvalue weighted by Gasteiger charge is 2.55. The van der Waals surface area contributed by atoms with Gasteiger partial charge in [-0.3, -0.25) is 9.78 Å². The van der Waals surface area contributed by atoms with Crippen LogP contribution in [0.5, 0.6) is 0 Å². The summed E-state index contributed by atoms with van der Waals surface area (Å²) in [6, 6.07) is 3.99. The normalized spacial score (nSPS) is 39.4. The Labute approximate surface area is 137 Å². The van der Waals surface area contributed by atoms with Crippen LogP contribution in [0, 0.1) is 23.7 Å². The van der Waals surface area contributed by atoms with E-state index in [-0.39, 0.29) is 30.0 Å². The van der Waals surface area contributed by atoms with Gasteiger partial charge in [0.15, 0.2) is 0 Å². The molecule has 1 aromatic heterocycles. The third kappa shape index (κ3) is 2.78. The summed E-state index contributed by atoms with van der Waals surface area (Å²) in [5.74, 6) is 1.48. The van der Waals surface area contributed by atoms with Gasteiger partial charge in [0.2, 0.25) is 0 Å². The van der Waals surface area contributed by atoms with Gasteiger partial charge in [-0.25, -0.2) is 0 Å². The molecule has 6 atom stereocenters. The molecule has 124 valence electrons. The molecular weight excluding hydrogens is 290 g/mol. The zero-order valence-corrected chi connectivity index (χ0v) is 13.7. The summed E-state index contributed by atoms with van der Waals surface area (Å²) in [7, 11) is 0. The zero-order chi connectivity index (χ0) is 15.8. The molecule has 1 saturated heterocycles. The SMILES string of the molecule is C[C@@H]1OC(=O)[C@H]2C[C@H]3CCCC[C@@H]3[C@@H](OCc3cccnc3)[C@H]12. The van der Waals surface area contributed by atoms with E-state index in [1.54, 1.807) is 6.20 Å². The van der Waals surface area contributed by atoms with Crippen molar-refractivity contribution >= 4 is 5.97 Å². The molecule has 3 fully saturated rings. The molecule has 2 heterocycles. The third-order valence-corrected chi connectivity index (χ3v) is 6.10. The van der Waals surface area contributed by atoms with Gasteiger partial charge >= 0.3 is 5.97 Å². The lowest BCUT2D eigenvalue weighted by Crippen LogP contribution is -2.48. The maximum atomic E-state index is 12.2. The maximum Gasteiger partial charge on any atom is 0.309 e. The molecule has 0 bridgehead atoms. The minimum atomic E-state index is -0.0192. The van der Waals surface area contributed by atoms with Crippen molar-refractivity contribution < 1.29 is 14.3 Å². The van der Waals surface area contributed by atoms with Gasteiger partial charge in [-0.05, 0) is 43.2 Å². The van der Waals surface area contributed by atoms with Crippen molar-refractivity contribution in [3.63, 3.8) is 0 Å². The van der Waals surface area contributed by atoms with E-state index in [0.29, 0.717) is 18.4 Å². The van der Waals surface area contributed by atoms with Crippen LogP contribution in [0.3, 0.4) is 0 Å². The van der Waals surface area contributed by atoms with Crippen LogP contribution in [0.1, 0.15) is 44.6 Å². The van der Waals surface area contributed by atoms with Crippen molar-refractivity contribution in [2.24, 2.45) is 23.7 Å². The number of hydrogen-bond donors (Lipinski definition) is 0. The predicted molar refractivity (Wildman–Crippen MR) is 85.4 cm³/mol. The number of carbonyl (C=O) groups excluding carboxylic acids is 1. The topological polar surface area (TPSA) is 48.4 Å². The zero-order valence-electron chi connectivity index (χ0n) is 13.7. The van der Waals surface area contributed by atoms with Crippen LogP contribution in [0.25, 0.3) is 0 Å². The average Bonchev–Trinajstić information content (AvgIpc) is 2.87. The van der Waals surface area contributed by atoms with Crippen molar-refractivity contribution in [3.8, 4) is 0 Å². The lowest BCUT2D eigenvalue weighted by Gasteiger charge is -2.46. The molecule has 2 saturated carbocycles. The van der Waals surface area contributed by atoms with E-state index in [1.165, 1.54) is 25.7 Å². The summed E-state index contributed by atoms with van der Waals surface area (Å²) in [5.41, 5.74) is 1.10. The van der Waals surface area contributed by atoms with Gasteiger partial charge in [0, 0.05) is 18.3 Å². The smallest absolute Gasteiger partial charge is 0.309 e. The minimum Gasteiger partial charge on any atom is -0.462 e. The number of pyridine rings is 1. The van der Waals surface area contributed by atoms with E-state index >= 15 is 0 Å². The number of rotatable bonds is 3. The van der Waals surface area contributed by atoms with Crippen molar-refractivity contribution in [3.05, 3.63) is 30.1 Å². The second-order valence-electron chi connectivity index (χ2n) is 7.41. The highest BCUT2D eigenvalue weighted by molar-refractivity contribution is 5.75. The fraction of sp³-hybridized carbons (Fsp3) is 0.684. The fourth-order valence-electron chi connectivity index (χ4n) is 5.07. The summed E-state index contributed by atoms with van der Waals surface area (Å²) >= 11 is 0. The van der Waals surface area contributed by atoms with Crippen LogP contribution < -0.4 is 0 Å². The number of ether oxygens (including phenoxy) is 2. The number of fused-ring (bicyclic) bond motifs is 2. The Kier molecular flexibility index (Phi) is 4.10. The molecule has 0 N–H and O–H groups in total. The molecular formula is C19H25NO3. The van der Waals surface area contributed by atoms with Gasteiger partial charge in [-0.1, -0.05) is 25.3 Å². The van der Waals surface area contributed by atoms with Crippen molar-refractivity contribution in [1.82, 2.24) is 4.98 Å². The standard InChI is InChI=1S/C19H25NO3/c1-12-17-16(19(21)23-12)9-14-6-2-3-7-15(14)18(17)22-11-13-5-4-8-20-10-13/h4-5,8,10,12,14-18H,2-3,6-7,9,11H2,1H3/t12-,14+,15-,16-,17+,18+/m0/s1. The predicted octanol–water partition coefficient (Wildman–Crippen LogP) is 3.35. The molecule has 0 amide bonds. The van der Waals surface area contributed by atoms with Crippen molar-refractivity contribution in [2.75, 3.05) is 0 Å². The molecule has 0 unspecified atom stereocenters. The molecule has 0 radical (unpaired) electrons. The molecule has 4 rings (SSSR count). The van der Waals surface area contributed by atoms with Crippen molar-refractivity contribution in [1.29, 1.82) is 0 Å². The van der Waals surface area contributed by atoms with Crippen LogP contribution >= 0.6 is 0 Å². The molecule has 4 nitrogen and oxygen atoms in total. The Balaban J connectivity index is 1.56. The molecule has 1 aliphatic heterocycles. The first-order valence-corrected chi connectivity index (χ1v) is 8.95. The second-order valence-corrected chi connectivity index (χ2v) is 7.41. The highest BCUT2D eigenvalue weighted by Crippen LogP contribution is 2.51. The lowest BCUT2D eigenvalue weighted by atomic mass is 9.61. The number of esters is 1. The molecule has 23 heavy (non-hydrogen) atoms. The van der Waals surface area contributed by atoms with E-state index in [1.807, 2.05) is 25.3 Å². The largest absolute Gasteiger partial charge is 0.462 e. The highest BCUT2D eigenvalue weighted by atomic mass is 16.6. The molecule has 4 heteroatoms. The summed E-state index contributed by atoms with van der Waals surface area (Å²) < 4.78 is 12.0. The van der Waals surface area contributed by atoms with Gasteiger partial charge in [-0.15, -0.1) is 0 Å². The van der Waals surface area contributed by atoms with E-state index in [0.717, 1.165) is 12.0 Å². The molecule has 1 aromatic rings. The van der Waals surface area contributed by atoms with E-state index in [2.05, 4.69) is 4.98 Å². The van der Waals surface area contributed by atoms with Gasteiger partial charge in [0.05, 0.1) is 18.6 Å². The first kappa shape index (κ1) is 15.1. The monoisotopic (exact) mass is 315 g/mol. The van der Waals surface area contributed by atoms with Crippen molar-refractivity contribution in [2.45, 2.75) is 57.8 Å². The Morgan fingerprint density at radius 3 is 3.04 bits per heavy atom. The van der Waals surface area contributed by atoms with Crippen LogP contribution in [-0.4, -0.2) is 23.2 Å². The second kappa shape index (κ2) is 6.23. The van der Waals surface area contributed by atoms with Gasteiger partial charge in [0.1, 0.15) is 6.10 Å². The Bertz CT molecular complexity index is 561. The van der Waals surface area contributed by atoms with E-state index in [9.17, 15) is 4.79 Å². The average molecular weight is 315 g/mol. The van der Waals surface area contributed by atoms with Crippen LogP contribution in [0.2, 0.25) is 0 Å². The Morgan fingerprint density at radius 2 is 2.22 bits per heavy atom. The summed E-state index contributed by atoms with van der Waals surface area (Å²) in [4.78, 5) is 16.4. The Morgan fingerprint density at radius 1 is 1.35 bits per heavy atom. The lowest BCUT2D eigenvalue weighted by molar-refractivity contribution is -0.145. The number of cyclic esters (lactones) is 1. The first-order valence-electron chi connectivity index (χ1n) is 8.95. The fourth-order valence-corrected chi connectivity index (χ4v) is 5.07. The van der Waals surface area contributed by atoms with Gasteiger partial charge in [-0.2, -0.15) is 0 Å². The summed E-state index contributed by atoms with van der Waals surface area (Å²) in [6.45, 7) is 2.61. The number of aromatic nitrogens is 1. The molecule has 2 aliphatic carbocycles. The summed E-state index contributed by atoms with van der Waals surface area (Å²) in [5, 5.41) is 0.